The molecule has 0 unspecified atom stereocenters. The lowest BCUT2D eigenvalue weighted by molar-refractivity contribution is 0.660. The lowest BCUT2D eigenvalue weighted by atomic mass is 9.81. The molecule has 0 aliphatic heterocycles. The van der Waals surface area contributed by atoms with E-state index in [2.05, 4.69) is 292 Å². The largest absolute Gasteiger partial charge is 0.453 e. The summed E-state index contributed by atoms with van der Waals surface area (Å²) in [7, 11) is 0. The first-order chi connectivity index (χ1) is 39.8. The highest BCUT2D eigenvalue weighted by molar-refractivity contribution is 6.26. The fourth-order valence-corrected chi connectivity index (χ4v) is 13.5. The molecular formula is C77H54N2O2. The Morgan fingerprint density at radius 2 is 0.765 bits per heavy atom. The zero-order chi connectivity index (χ0) is 54.1. The van der Waals surface area contributed by atoms with Gasteiger partial charge in [0.15, 0.2) is 11.2 Å². The maximum atomic E-state index is 7.38. The number of fused-ring (bicyclic) bond motifs is 15. The van der Waals surface area contributed by atoms with Crippen LogP contribution in [0.3, 0.4) is 0 Å². The minimum Gasteiger partial charge on any atom is -0.453 e. The maximum absolute atomic E-state index is 7.38. The van der Waals surface area contributed by atoms with Crippen LogP contribution < -0.4 is 9.80 Å². The molecule has 0 bridgehead atoms. The third-order valence-corrected chi connectivity index (χ3v) is 17.3. The van der Waals surface area contributed by atoms with E-state index in [9.17, 15) is 0 Å². The molecule has 0 amide bonds. The molecule has 15 aromatic rings. The van der Waals surface area contributed by atoms with E-state index >= 15 is 0 Å². The lowest BCUT2D eigenvalue weighted by Crippen LogP contribution is -2.18. The van der Waals surface area contributed by atoms with Crippen LogP contribution in [0.2, 0.25) is 0 Å². The molecule has 0 saturated heterocycles. The van der Waals surface area contributed by atoms with Crippen LogP contribution in [0.1, 0.15) is 36.1 Å². The molecule has 0 saturated carbocycles. The summed E-state index contributed by atoms with van der Waals surface area (Å²) in [5, 5.41) is 11.5. The number of hydrogen-bond donors (Lipinski definition) is 0. The van der Waals surface area contributed by atoms with Crippen LogP contribution in [-0.4, -0.2) is 0 Å². The van der Waals surface area contributed by atoms with Crippen molar-refractivity contribution >= 4 is 110 Å². The van der Waals surface area contributed by atoms with E-state index in [1.807, 2.05) is 0 Å². The van der Waals surface area contributed by atoms with Crippen LogP contribution in [0, 0.1) is 13.8 Å². The SMILES string of the molecule is Cc1cccc(N(c2ccc3c(c2)C(C)(C)c2cc(N(c4cccc(C)c4)c4cccc5c4oc4c(-c6ccccc6)cc6ccccc6c45)c4ccccc4c2-3)c2cccc3c2oc2c(-c4ccccc4)cc4ccccc4c23)c1. The number of benzene rings is 13. The number of aryl methyl sites for hydroxylation is 2. The molecule has 4 heteroatoms. The smallest absolute Gasteiger partial charge is 0.159 e. The topological polar surface area (TPSA) is 32.8 Å². The minimum atomic E-state index is -0.417. The molecule has 0 radical (unpaired) electrons. The summed E-state index contributed by atoms with van der Waals surface area (Å²) < 4.78 is 14.7. The van der Waals surface area contributed by atoms with Gasteiger partial charge in [-0.3, -0.25) is 0 Å². The fourth-order valence-electron chi connectivity index (χ4n) is 13.5. The summed E-state index contributed by atoms with van der Waals surface area (Å²) in [6.07, 6.45) is 0. The predicted molar refractivity (Wildman–Crippen MR) is 341 cm³/mol. The van der Waals surface area contributed by atoms with Crippen LogP contribution >= 0.6 is 0 Å². The van der Waals surface area contributed by atoms with Gasteiger partial charge in [-0.15, -0.1) is 0 Å². The van der Waals surface area contributed by atoms with E-state index in [-0.39, 0.29) is 0 Å². The zero-order valence-electron chi connectivity index (χ0n) is 45.5. The van der Waals surface area contributed by atoms with Gasteiger partial charge in [-0.05, 0) is 152 Å². The first kappa shape index (κ1) is 46.9. The van der Waals surface area contributed by atoms with Gasteiger partial charge in [-0.2, -0.15) is 0 Å². The normalized spacial score (nSPS) is 12.8. The van der Waals surface area contributed by atoms with Gasteiger partial charge in [0.1, 0.15) is 11.2 Å². The second-order valence-electron chi connectivity index (χ2n) is 22.5. The highest BCUT2D eigenvalue weighted by atomic mass is 16.3. The molecule has 1 aliphatic rings. The number of rotatable bonds is 8. The Kier molecular flexibility index (Phi) is 10.4. The van der Waals surface area contributed by atoms with Crippen molar-refractivity contribution in [2.45, 2.75) is 33.1 Å². The molecule has 81 heavy (non-hydrogen) atoms. The number of anilines is 6. The average molecular weight is 1040 g/mol. The predicted octanol–water partition coefficient (Wildman–Crippen LogP) is 22.1. The van der Waals surface area contributed by atoms with Gasteiger partial charge in [0.05, 0.1) is 17.1 Å². The summed E-state index contributed by atoms with van der Waals surface area (Å²) in [6.45, 7) is 9.16. The van der Waals surface area contributed by atoms with Crippen LogP contribution in [0.4, 0.5) is 34.1 Å². The van der Waals surface area contributed by atoms with Gasteiger partial charge < -0.3 is 18.6 Å². The van der Waals surface area contributed by atoms with Crippen molar-refractivity contribution in [3.8, 4) is 33.4 Å². The molecule has 0 fully saturated rings. The van der Waals surface area contributed by atoms with Crippen molar-refractivity contribution in [1.82, 2.24) is 0 Å². The van der Waals surface area contributed by atoms with Crippen molar-refractivity contribution in [1.29, 1.82) is 0 Å². The minimum absolute atomic E-state index is 0.417. The Bertz CT molecular complexity index is 5060. The van der Waals surface area contributed by atoms with Gasteiger partial charge in [0.2, 0.25) is 0 Å². The van der Waals surface area contributed by atoms with E-state index in [0.29, 0.717) is 0 Å². The number of hydrogen-bond acceptors (Lipinski definition) is 4. The van der Waals surface area contributed by atoms with Crippen molar-refractivity contribution in [3.05, 3.63) is 277 Å². The van der Waals surface area contributed by atoms with E-state index in [1.54, 1.807) is 0 Å². The molecule has 0 atom stereocenters. The van der Waals surface area contributed by atoms with Crippen LogP contribution in [-0.2, 0) is 5.41 Å². The molecule has 16 rings (SSSR count). The molecule has 2 heterocycles. The van der Waals surface area contributed by atoms with Crippen molar-refractivity contribution in [2.24, 2.45) is 0 Å². The highest BCUT2D eigenvalue weighted by Crippen LogP contribution is 2.57. The van der Waals surface area contributed by atoms with Crippen LogP contribution in [0.25, 0.3) is 110 Å². The first-order valence-electron chi connectivity index (χ1n) is 28.1. The van der Waals surface area contributed by atoms with E-state index < -0.39 is 5.41 Å². The van der Waals surface area contributed by atoms with Crippen molar-refractivity contribution in [3.63, 3.8) is 0 Å². The Morgan fingerprint density at radius 1 is 0.309 bits per heavy atom. The molecule has 4 nitrogen and oxygen atoms in total. The summed E-state index contributed by atoms with van der Waals surface area (Å²) in [6, 6.07) is 92.9. The highest BCUT2D eigenvalue weighted by Gasteiger charge is 2.39. The Balaban J connectivity index is 0.906. The van der Waals surface area contributed by atoms with Gasteiger partial charge in [0, 0.05) is 60.5 Å². The zero-order valence-corrected chi connectivity index (χ0v) is 45.5. The summed E-state index contributed by atoms with van der Waals surface area (Å²) in [4.78, 5) is 4.86. The van der Waals surface area contributed by atoms with E-state index in [4.69, 9.17) is 8.83 Å². The quantitative estimate of drug-likeness (QED) is 0.152. The van der Waals surface area contributed by atoms with Gasteiger partial charge >= 0.3 is 0 Å². The number of nitrogens with zero attached hydrogens (tertiary/aromatic N) is 2. The Hall–Kier alpha value is -10.2. The van der Waals surface area contributed by atoms with Gasteiger partial charge in [-0.25, -0.2) is 0 Å². The average Bonchev–Trinajstić information content (AvgIpc) is 2.93. The maximum Gasteiger partial charge on any atom is 0.159 e. The monoisotopic (exact) mass is 1040 g/mol. The summed E-state index contributed by atoms with van der Waals surface area (Å²) in [5.41, 5.74) is 21.1. The molecular weight excluding hydrogens is 985 g/mol. The molecule has 0 spiro atoms. The second-order valence-corrected chi connectivity index (χ2v) is 22.5. The third kappa shape index (κ3) is 7.16. The molecule has 0 N–H and O–H groups in total. The van der Waals surface area contributed by atoms with Crippen molar-refractivity contribution in [2.75, 3.05) is 9.80 Å². The fraction of sp³-hybridized carbons (Fsp3) is 0.0649. The standard InChI is InChI=1S/C77H54N2O2/c1-47-21-17-29-53(41-47)78(67-37-19-35-61-71-56-31-13-11-27-51(56)43-63(75(71)80-73(61)67)49-23-7-5-8-24-49)55-39-40-60-65(45-55)77(3,4)66-46-69(58-33-15-16-34-59(58)70(60)66)79(54-30-18-22-48(2)42-54)68-38-20-36-62-72-57-32-14-12-28-52(57)44-64(76(72)81-74(62)68)50-25-9-6-10-26-50/h5-46H,1-4H3. The van der Waals surface area contributed by atoms with Crippen LogP contribution in [0.5, 0.6) is 0 Å². The number of furan rings is 2. The lowest BCUT2D eigenvalue weighted by Gasteiger charge is -2.30. The molecule has 13 aromatic carbocycles. The van der Waals surface area contributed by atoms with Crippen LogP contribution in [0.15, 0.2) is 264 Å². The summed E-state index contributed by atoms with van der Waals surface area (Å²) in [5.74, 6) is 0. The van der Waals surface area contributed by atoms with Gasteiger partial charge in [-0.1, -0.05) is 202 Å². The molecule has 1 aliphatic carbocycles. The second kappa shape index (κ2) is 17.9. The molecule has 384 valence electrons. The Labute approximate surface area is 470 Å². The Morgan fingerprint density at radius 3 is 1.32 bits per heavy atom. The van der Waals surface area contributed by atoms with Crippen molar-refractivity contribution < 1.29 is 8.83 Å². The first-order valence-corrected chi connectivity index (χ1v) is 28.1. The summed E-state index contributed by atoms with van der Waals surface area (Å²) >= 11 is 0. The van der Waals surface area contributed by atoms with E-state index in [1.165, 1.54) is 60.3 Å². The third-order valence-electron chi connectivity index (χ3n) is 17.3. The number of para-hydroxylation sites is 2. The van der Waals surface area contributed by atoms with Gasteiger partial charge in [0.25, 0.3) is 0 Å². The molecule has 2 aromatic heterocycles. The van der Waals surface area contributed by atoms with E-state index in [0.717, 1.165) is 106 Å².